The molecule has 1 aliphatic heterocycles. The van der Waals surface area contributed by atoms with Gasteiger partial charge in [0, 0.05) is 15.6 Å². The monoisotopic (exact) mass is 409 g/mol. The normalized spacial score (nSPS) is 20.5. The van der Waals surface area contributed by atoms with Crippen molar-refractivity contribution in [1.82, 2.24) is 15.5 Å². The van der Waals surface area contributed by atoms with Gasteiger partial charge in [0.25, 0.3) is 5.91 Å². The second-order valence-corrected chi connectivity index (χ2v) is 7.22. The van der Waals surface area contributed by atoms with Crippen molar-refractivity contribution in [2.45, 2.75) is 25.4 Å². The van der Waals surface area contributed by atoms with Gasteiger partial charge in [-0.25, -0.2) is 4.79 Å². The van der Waals surface area contributed by atoms with E-state index < -0.39 is 36.0 Å². The van der Waals surface area contributed by atoms with E-state index in [-0.39, 0.29) is 5.02 Å². The molecular weight excluding hydrogens is 393 g/mol. The number of carbonyl (C=O) groups excluding carboxylic acids is 3. The predicted octanol–water partition coefficient (Wildman–Crippen LogP) is 3.23. The second-order valence-electron chi connectivity index (χ2n) is 6.38. The Bertz CT molecular complexity index is 900. The molecule has 1 fully saturated rings. The topological polar surface area (TPSA) is 91.7 Å². The molecule has 0 bridgehead atoms. The Balaban J connectivity index is 1.75. The van der Waals surface area contributed by atoms with Gasteiger partial charge in [-0.15, -0.1) is 0 Å². The Hall–Kier alpha value is -2.51. The zero-order chi connectivity index (χ0) is 19.8. The van der Waals surface area contributed by atoms with Crippen molar-refractivity contribution in [2.24, 2.45) is 0 Å². The van der Waals surface area contributed by atoms with Crippen LogP contribution in [0.15, 0.2) is 41.0 Å². The fourth-order valence-electron chi connectivity index (χ4n) is 2.96. The lowest BCUT2D eigenvalue weighted by molar-refractivity contribution is -0.135. The second kappa shape index (κ2) is 7.25. The summed E-state index contributed by atoms with van der Waals surface area (Å²) in [6, 6.07) is 7.00. The van der Waals surface area contributed by atoms with Gasteiger partial charge in [0.05, 0.1) is 12.3 Å². The number of rotatable bonds is 5. The quantitative estimate of drug-likeness (QED) is 0.741. The average molecular weight is 410 g/mol. The van der Waals surface area contributed by atoms with Crippen LogP contribution in [-0.2, 0) is 15.1 Å². The molecule has 0 spiro atoms. The molecule has 9 heteroatoms. The third-order valence-corrected chi connectivity index (χ3v) is 4.94. The zero-order valence-electron chi connectivity index (χ0n) is 14.6. The van der Waals surface area contributed by atoms with Crippen LogP contribution in [0.2, 0.25) is 10.0 Å². The number of imide groups is 1. The summed E-state index contributed by atoms with van der Waals surface area (Å²) in [5.74, 6) is -0.496. The molecule has 1 saturated heterocycles. The minimum Gasteiger partial charge on any atom is -0.467 e. The highest BCUT2D eigenvalue weighted by atomic mass is 35.5. The third-order valence-electron chi connectivity index (χ3n) is 4.39. The first-order valence-corrected chi connectivity index (χ1v) is 8.90. The van der Waals surface area contributed by atoms with Crippen molar-refractivity contribution < 1.29 is 18.8 Å². The summed E-state index contributed by atoms with van der Waals surface area (Å²) in [6.45, 7) is 2.85. The highest BCUT2D eigenvalue weighted by Crippen LogP contribution is 2.34. The maximum atomic E-state index is 12.9. The Morgan fingerprint density at radius 3 is 2.70 bits per heavy atom. The van der Waals surface area contributed by atoms with Crippen molar-refractivity contribution >= 4 is 41.0 Å². The molecule has 4 amide bonds. The first-order valence-electron chi connectivity index (χ1n) is 8.15. The molecule has 0 saturated carbocycles. The minimum atomic E-state index is -1.38. The maximum absolute atomic E-state index is 12.9. The smallest absolute Gasteiger partial charge is 0.325 e. The highest BCUT2D eigenvalue weighted by Gasteiger charge is 2.50. The van der Waals surface area contributed by atoms with Gasteiger partial charge in [-0.2, -0.15) is 0 Å². The van der Waals surface area contributed by atoms with Crippen LogP contribution in [0.25, 0.3) is 0 Å². The van der Waals surface area contributed by atoms with E-state index in [2.05, 4.69) is 10.6 Å². The molecule has 2 unspecified atom stereocenters. The van der Waals surface area contributed by atoms with Gasteiger partial charge in [-0.3, -0.25) is 14.5 Å². The first kappa shape index (κ1) is 19.3. The number of furan rings is 1. The number of halogens is 2. The molecule has 0 aliphatic carbocycles. The molecule has 2 N–H and O–H groups in total. The van der Waals surface area contributed by atoms with Gasteiger partial charge in [-0.1, -0.05) is 29.3 Å². The van der Waals surface area contributed by atoms with Gasteiger partial charge in [0.1, 0.15) is 17.8 Å². The molecular formula is C18H17Cl2N3O4. The van der Waals surface area contributed by atoms with E-state index in [4.69, 9.17) is 27.6 Å². The number of nitrogens with one attached hydrogen (secondary N) is 2. The Kier molecular flexibility index (Phi) is 5.17. The molecule has 2 atom stereocenters. The highest BCUT2D eigenvalue weighted by molar-refractivity contribution is 6.35. The Morgan fingerprint density at radius 1 is 1.33 bits per heavy atom. The maximum Gasteiger partial charge on any atom is 0.325 e. The summed E-state index contributed by atoms with van der Waals surface area (Å²) >= 11 is 12.1. The molecule has 0 radical (unpaired) electrons. The summed E-state index contributed by atoms with van der Waals surface area (Å²) in [5.41, 5.74) is -0.982. The Labute approximate surface area is 165 Å². The van der Waals surface area contributed by atoms with Crippen molar-refractivity contribution in [3.63, 3.8) is 0 Å². The van der Waals surface area contributed by atoms with Crippen molar-refractivity contribution in [1.29, 1.82) is 0 Å². The molecule has 1 aromatic carbocycles. The summed E-state index contributed by atoms with van der Waals surface area (Å²) in [5, 5.41) is 5.95. The molecule has 1 aromatic heterocycles. The number of hydrogen-bond donors (Lipinski definition) is 2. The minimum absolute atomic E-state index is 0.247. The largest absolute Gasteiger partial charge is 0.467 e. The third kappa shape index (κ3) is 3.65. The van der Waals surface area contributed by atoms with Crippen molar-refractivity contribution in [2.75, 3.05) is 6.54 Å². The lowest BCUT2D eigenvalue weighted by atomic mass is 9.92. The van der Waals surface area contributed by atoms with E-state index >= 15 is 0 Å². The van der Waals surface area contributed by atoms with Gasteiger partial charge in [0.2, 0.25) is 5.91 Å². The van der Waals surface area contributed by atoms with Crippen molar-refractivity contribution in [3.05, 3.63) is 58.0 Å². The van der Waals surface area contributed by atoms with E-state index in [1.165, 1.54) is 19.3 Å². The van der Waals surface area contributed by atoms with Gasteiger partial charge >= 0.3 is 6.03 Å². The summed E-state index contributed by atoms with van der Waals surface area (Å²) < 4.78 is 5.22. The Morgan fingerprint density at radius 2 is 2.07 bits per heavy atom. The number of urea groups is 1. The number of nitrogens with zero attached hydrogens (tertiary/aromatic N) is 1. The molecule has 1 aliphatic rings. The van der Waals surface area contributed by atoms with Crippen LogP contribution >= 0.6 is 23.2 Å². The van der Waals surface area contributed by atoms with Crippen LogP contribution < -0.4 is 10.6 Å². The van der Waals surface area contributed by atoms with Gasteiger partial charge < -0.3 is 15.1 Å². The molecule has 2 aromatic rings. The average Bonchev–Trinajstić information content (AvgIpc) is 3.19. The van der Waals surface area contributed by atoms with E-state index in [9.17, 15) is 14.4 Å². The number of hydrogen-bond acceptors (Lipinski definition) is 4. The first-order chi connectivity index (χ1) is 12.7. The lowest BCUT2D eigenvalue weighted by Crippen LogP contribution is -2.43. The van der Waals surface area contributed by atoms with Gasteiger partial charge in [0.15, 0.2) is 0 Å². The zero-order valence-corrected chi connectivity index (χ0v) is 16.1. The summed E-state index contributed by atoms with van der Waals surface area (Å²) in [4.78, 5) is 38.3. The fourth-order valence-corrected chi connectivity index (χ4v) is 3.56. The molecule has 142 valence electrons. The van der Waals surface area contributed by atoms with Crippen LogP contribution in [0.1, 0.15) is 31.2 Å². The molecule has 27 heavy (non-hydrogen) atoms. The van der Waals surface area contributed by atoms with Crippen molar-refractivity contribution in [3.8, 4) is 0 Å². The predicted molar refractivity (Wildman–Crippen MR) is 99.3 cm³/mol. The summed E-state index contributed by atoms with van der Waals surface area (Å²) in [6.07, 6.45) is 1.50. The number of benzene rings is 1. The number of carbonyl (C=O) groups is 3. The van der Waals surface area contributed by atoms with Crippen LogP contribution in [-0.4, -0.2) is 29.3 Å². The van der Waals surface area contributed by atoms with Gasteiger partial charge in [-0.05, 0) is 38.1 Å². The van der Waals surface area contributed by atoms with Crippen LogP contribution in [0.3, 0.4) is 0 Å². The summed E-state index contributed by atoms with van der Waals surface area (Å²) in [7, 11) is 0. The van der Waals surface area contributed by atoms with Crippen LogP contribution in [0, 0.1) is 0 Å². The van der Waals surface area contributed by atoms with Crippen LogP contribution in [0.5, 0.6) is 0 Å². The van der Waals surface area contributed by atoms with E-state index in [1.54, 1.807) is 31.2 Å². The fraction of sp³-hybridized carbons (Fsp3) is 0.278. The SMILES string of the molecule is CC(NC(=O)CN1C(=O)NC(C)(c2ccc(Cl)cc2Cl)C1=O)c1ccco1. The van der Waals surface area contributed by atoms with E-state index in [1.807, 2.05) is 0 Å². The molecule has 7 nitrogen and oxygen atoms in total. The number of amides is 4. The van der Waals surface area contributed by atoms with Crippen LogP contribution in [0.4, 0.5) is 4.79 Å². The standard InChI is InChI=1S/C18H17Cl2N3O4/c1-10(14-4-3-7-27-14)21-15(24)9-23-16(25)18(2,22-17(23)26)12-6-5-11(19)8-13(12)20/h3-8,10H,9H2,1-2H3,(H,21,24)(H,22,26). The van der Waals surface area contributed by atoms with E-state index in [0.29, 0.717) is 16.3 Å². The van der Waals surface area contributed by atoms with E-state index in [0.717, 1.165) is 4.90 Å². The lowest BCUT2D eigenvalue weighted by Gasteiger charge is -2.23. The molecule has 2 heterocycles. The molecule has 3 rings (SSSR count).